The lowest BCUT2D eigenvalue weighted by atomic mass is 9.98. The lowest BCUT2D eigenvalue weighted by Gasteiger charge is -2.29. The maximum absolute atomic E-state index is 12.2. The topological polar surface area (TPSA) is 81.5 Å². The van der Waals surface area contributed by atoms with Crippen LogP contribution in [0.4, 0.5) is 0 Å². The zero-order valence-corrected chi connectivity index (χ0v) is 13.4. The molecule has 0 bridgehead atoms. The van der Waals surface area contributed by atoms with E-state index in [2.05, 4.69) is 6.07 Å². The lowest BCUT2D eigenvalue weighted by Crippen LogP contribution is -2.38. The van der Waals surface area contributed by atoms with Crippen molar-refractivity contribution in [3.05, 3.63) is 35.4 Å². The van der Waals surface area contributed by atoms with Gasteiger partial charge in [-0.2, -0.15) is 5.26 Å². The Bertz CT molecular complexity index is 679. The second-order valence-corrected chi connectivity index (χ2v) is 6.20. The molecule has 124 valence electrons. The molecule has 0 spiro atoms. The molecular formula is C18H19N3O3. The third kappa shape index (κ3) is 3.02. The lowest BCUT2D eigenvalue weighted by molar-refractivity contribution is -0.132. The minimum atomic E-state index is -0.280. The SMILES string of the molecule is N#CC1CCN(C(=O)CCCN2C(=O)c3ccccc3C2=O)CC1. The molecule has 3 amide bonds. The average Bonchev–Trinajstić information content (AvgIpc) is 2.87. The number of carbonyl (C=O) groups excluding carboxylic acids is 3. The van der Waals surface area contributed by atoms with Crippen LogP contribution in [0.25, 0.3) is 0 Å². The number of carbonyl (C=O) groups is 3. The fourth-order valence-electron chi connectivity index (χ4n) is 3.25. The van der Waals surface area contributed by atoms with E-state index >= 15 is 0 Å². The second-order valence-electron chi connectivity index (χ2n) is 6.20. The van der Waals surface area contributed by atoms with Gasteiger partial charge < -0.3 is 4.90 Å². The number of hydrogen-bond donors (Lipinski definition) is 0. The van der Waals surface area contributed by atoms with Crippen LogP contribution in [0, 0.1) is 17.2 Å². The number of benzene rings is 1. The molecule has 1 saturated heterocycles. The molecule has 0 atom stereocenters. The second kappa shape index (κ2) is 6.83. The Morgan fingerprint density at radius 3 is 2.25 bits per heavy atom. The summed E-state index contributed by atoms with van der Waals surface area (Å²) in [4.78, 5) is 39.7. The van der Waals surface area contributed by atoms with E-state index in [0.29, 0.717) is 37.1 Å². The molecule has 2 aliphatic rings. The maximum atomic E-state index is 12.2. The summed E-state index contributed by atoms with van der Waals surface area (Å²) in [6.45, 7) is 1.49. The highest BCUT2D eigenvalue weighted by molar-refractivity contribution is 6.21. The quantitative estimate of drug-likeness (QED) is 0.791. The van der Waals surface area contributed by atoms with Gasteiger partial charge in [-0.25, -0.2) is 0 Å². The van der Waals surface area contributed by atoms with Crippen molar-refractivity contribution in [2.45, 2.75) is 25.7 Å². The van der Waals surface area contributed by atoms with Crippen molar-refractivity contribution < 1.29 is 14.4 Å². The predicted molar refractivity (Wildman–Crippen MR) is 86.0 cm³/mol. The van der Waals surface area contributed by atoms with Gasteiger partial charge in [0.1, 0.15) is 0 Å². The third-order valence-electron chi connectivity index (χ3n) is 4.68. The number of rotatable bonds is 4. The Kier molecular flexibility index (Phi) is 4.61. The van der Waals surface area contributed by atoms with Crippen LogP contribution in [0.5, 0.6) is 0 Å². The molecular weight excluding hydrogens is 306 g/mol. The minimum Gasteiger partial charge on any atom is -0.343 e. The average molecular weight is 325 g/mol. The molecule has 2 aliphatic heterocycles. The zero-order valence-electron chi connectivity index (χ0n) is 13.4. The molecule has 1 fully saturated rings. The van der Waals surface area contributed by atoms with Crippen LogP contribution in [0.2, 0.25) is 0 Å². The van der Waals surface area contributed by atoms with Gasteiger partial charge in [-0.15, -0.1) is 0 Å². The van der Waals surface area contributed by atoms with Gasteiger partial charge in [0.2, 0.25) is 5.91 Å². The van der Waals surface area contributed by atoms with Gasteiger partial charge in [-0.05, 0) is 31.4 Å². The molecule has 0 saturated carbocycles. The first-order valence-corrected chi connectivity index (χ1v) is 8.24. The zero-order chi connectivity index (χ0) is 17.1. The number of amides is 3. The van der Waals surface area contributed by atoms with Gasteiger partial charge in [0.05, 0.1) is 17.2 Å². The van der Waals surface area contributed by atoms with Crippen molar-refractivity contribution in [3.63, 3.8) is 0 Å². The monoisotopic (exact) mass is 325 g/mol. The smallest absolute Gasteiger partial charge is 0.261 e. The van der Waals surface area contributed by atoms with E-state index in [9.17, 15) is 14.4 Å². The maximum Gasteiger partial charge on any atom is 0.261 e. The Morgan fingerprint density at radius 2 is 1.71 bits per heavy atom. The fourth-order valence-corrected chi connectivity index (χ4v) is 3.25. The Morgan fingerprint density at radius 1 is 1.12 bits per heavy atom. The molecule has 1 aromatic carbocycles. The van der Waals surface area contributed by atoms with Crippen molar-refractivity contribution in [1.82, 2.24) is 9.80 Å². The molecule has 1 aromatic rings. The molecule has 0 radical (unpaired) electrons. The van der Waals surface area contributed by atoms with E-state index < -0.39 is 0 Å². The summed E-state index contributed by atoms with van der Waals surface area (Å²) < 4.78 is 0. The number of nitriles is 1. The summed E-state index contributed by atoms with van der Waals surface area (Å²) in [6, 6.07) is 9.02. The van der Waals surface area contributed by atoms with Crippen LogP contribution in [0.3, 0.4) is 0 Å². The molecule has 3 rings (SSSR count). The first kappa shape index (κ1) is 16.2. The normalized spacial score (nSPS) is 17.8. The van der Waals surface area contributed by atoms with Gasteiger partial charge in [-0.3, -0.25) is 19.3 Å². The number of nitrogens with zero attached hydrogens (tertiary/aromatic N) is 3. The number of hydrogen-bond acceptors (Lipinski definition) is 4. The van der Waals surface area contributed by atoms with Crippen LogP contribution in [-0.4, -0.2) is 47.2 Å². The summed E-state index contributed by atoms with van der Waals surface area (Å²) in [5.41, 5.74) is 0.875. The highest BCUT2D eigenvalue weighted by Gasteiger charge is 2.34. The van der Waals surface area contributed by atoms with Crippen molar-refractivity contribution >= 4 is 17.7 Å². The first-order valence-electron chi connectivity index (χ1n) is 8.24. The van der Waals surface area contributed by atoms with Crippen LogP contribution < -0.4 is 0 Å². The van der Waals surface area contributed by atoms with Crippen LogP contribution >= 0.6 is 0 Å². The summed E-state index contributed by atoms with van der Waals surface area (Å²) in [7, 11) is 0. The minimum absolute atomic E-state index is 0.0306. The largest absolute Gasteiger partial charge is 0.343 e. The molecule has 0 unspecified atom stereocenters. The van der Waals surface area contributed by atoms with Gasteiger partial charge in [0, 0.05) is 32.0 Å². The Labute approximate surface area is 140 Å². The van der Waals surface area contributed by atoms with E-state index in [0.717, 1.165) is 12.8 Å². The van der Waals surface area contributed by atoms with Crippen molar-refractivity contribution in [2.75, 3.05) is 19.6 Å². The van der Waals surface area contributed by atoms with E-state index in [-0.39, 0.29) is 30.2 Å². The highest BCUT2D eigenvalue weighted by Crippen LogP contribution is 2.23. The summed E-state index contributed by atoms with van der Waals surface area (Å²) in [5.74, 6) is -0.480. The molecule has 24 heavy (non-hydrogen) atoms. The number of fused-ring (bicyclic) bond motifs is 1. The summed E-state index contributed by atoms with van der Waals surface area (Å²) >= 11 is 0. The van der Waals surface area contributed by atoms with Gasteiger partial charge >= 0.3 is 0 Å². The van der Waals surface area contributed by atoms with Gasteiger partial charge in [0.15, 0.2) is 0 Å². The van der Waals surface area contributed by atoms with Gasteiger partial charge in [-0.1, -0.05) is 12.1 Å². The molecule has 6 heteroatoms. The predicted octanol–water partition coefficient (Wildman–Crippen LogP) is 1.82. The molecule has 0 aliphatic carbocycles. The van der Waals surface area contributed by atoms with Crippen LogP contribution in [0.15, 0.2) is 24.3 Å². The fraction of sp³-hybridized carbons (Fsp3) is 0.444. The van der Waals surface area contributed by atoms with Gasteiger partial charge in [0.25, 0.3) is 11.8 Å². The van der Waals surface area contributed by atoms with E-state index in [1.807, 2.05) is 0 Å². The van der Waals surface area contributed by atoms with Crippen LogP contribution in [0.1, 0.15) is 46.4 Å². The molecule has 2 heterocycles. The van der Waals surface area contributed by atoms with E-state index in [4.69, 9.17) is 5.26 Å². The Balaban J connectivity index is 1.49. The summed E-state index contributed by atoms with van der Waals surface area (Å²) in [6.07, 6.45) is 2.22. The van der Waals surface area contributed by atoms with E-state index in [1.54, 1.807) is 29.2 Å². The number of piperidine rings is 1. The van der Waals surface area contributed by atoms with Crippen molar-refractivity contribution in [3.8, 4) is 6.07 Å². The van der Waals surface area contributed by atoms with Crippen molar-refractivity contribution in [2.24, 2.45) is 5.92 Å². The first-order chi connectivity index (χ1) is 11.6. The highest BCUT2D eigenvalue weighted by atomic mass is 16.2. The van der Waals surface area contributed by atoms with Crippen molar-refractivity contribution in [1.29, 1.82) is 5.26 Å². The van der Waals surface area contributed by atoms with E-state index in [1.165, 1.54) is 4.90 Å². The standard InChI is InChI=1S/C18H19N3O3/c19-12-13-7-10-20(11-8-13)16(22)6-3-9-21-17(23)14-4-1-2-5-15(14)18(21)24/h1-2,4-5,13H,3,6-11H2. The molecule has 6 nitrogen and oxygen atoms in total. The number of likely N-dealkylation sites (tertiary alicyclic amines) is 1. The number of imide groups is 1. The summed E-state index contributed by atoms with van der Waals surface area (Å²) in [5, 5.41) is 8.88. The van der Waals surface area contributed by atoms with Crippen LogP contribution in [-0.2, 0) is 4.79 Å². The molecule has 0 N–H and O–H groups in total. The third-order valence-corrected chi connectivity index (χ3v) is 4.68. The Hall–Kier alpha value is -2.68. The molecule has 0 aromatic heterocycles.